The Morgan fingerprint density at radius 2 is 1.66 bits per heavy atom. The van der Waals surface area contributed by atoms with Crippen molar-refractivity contribution in [1.29, 1.82) is 0 Å². The summed E-state index contributed by atoms with van der Waals surface area (Å²) in [5, 5.41) is 10.1. The first-order chi connectivity index (χ1) is 17.8. The third-order valence-electron chi connectivity index (χ3n) is 5.43. The number of aliphatic hydroxyl groups is 1. The lowest BCUT2D eigenvalue weighted by Crippen LogP contribution is -2.27. The van der Waals surface area contributed by atoms with Crippen LogP contribution in [0.4, 0.5) is 22.0 Å². The van der Waals surface area contributed by atoms with Gasteiger partial charge in [-0.2, -0.15) is 4.89 Å². The third-order valence-corrected chi connectivity index (χ3v) is 6.40. The SMILES string of the molecule is C#CC(C(O)CC(=O)Oc1c(-c2ccc(F)cc2)cc(-c2c(F)c(F)cc(F)c2F)nc1C(C)C)[P+](=O)O. The summed E-state index contributed by atoms with van der Waals surface area (Å²) in [6.07, 6.45) is 2.58. The molecular weight excluding hydrogens is 532 g/mol. The maximum Gasteiger partial charge on any atom is 0.524 e. The first kappa shape index (κ1) is 28.9. The highest BCUT2D eigenvalue weighted by Crippen LogP contribution is 2.41. The zero-order valence-corrected chi connectivity index (χ0v) is 20.8. The quantitative estimate of drug-likeness (QED) is 0.124. The van der Waals surface area contributed by atoms with E-state index in [1.165, 1.54) is 12.1 Å². The highest BCUT2D eigenvalue weighted by Gasteiger charge is 2.37. The van der Waals surface area contributed by atoms with Gasteiger partial charge in [-0.15, -0.1) is 6.42 Å². The number of carbonyl (C=O) groups excluding carboxylic acids is 1. The van der Waals surface area contributed by atoms with Crippen molar-refractivity contribution >= 4 is 14.0 Å². The minimum absolute atomic E-state index is 0.0451. The van der Waals surface area contributed by atoms with E-state index < -0.39 is 78.4 Å². The molecule has 6 nitrogen and oxygen atoms in total. The Hall–Kier alpha value is -3.71. The van der Waals surface area contributed by atoms with Crippen LogP contribution >= 0.6 is 8.03 Å². The van der Waals surface area contributed by atoms with Crippen LogP contribution in [-0.2, 0) is 9.36 Å². The summed E-state index contributed by atoms with van der Waals surface area (Å²) in [6.45, 7) is 3.16. The molecule has 1 aromatic heterocycles. The fourth-order valence-corrected chi connectivity index (χ4v) is 4.11. The minimum atomic E-state index is -3.02. The van der Waals surface area contributed by atoms with E-state index in [2.05, 4.69) is 4.98 Å². The number of aliphatic hydroxyl groups excluding tert-OH is 1. The molecule has 3 rings (SSSR count). The summed E-state index contributed by atoms with van der Waals surface area (Å²) in [4.78, 5) is 26.1. The van der Waals surface area contributed by atoms with Gasteiger partial charge in [-0.1, -0.05) is 26.0 Å². The maximum absolute atomic E-state index is 14.6. The fourth-order valence-electron chi connectivity index (χ4n) is 3.58. The Kier molecular flexibility index (Phi) is 8.94. The van der Waals surface area contributed by atoms with Crippen LogP contribution in [0.2, 0.25) is 0 Å². The van der Waals surface area contributed by atoms with Crippen molar-refractivity contribution in [1.82, 2.24) is 4.98 Å². The number of pyridine rings is 1. The van der Waals surface area contributed by atoms with Crippen LogP contribution in [0, 0.1) is 41.4 Å². The minimum Gasteiger partial charge on any atom is -0.424 e. The smallest absolute Gasteiger partial charge is 0.424 e. The van der Waals surface area contributed by atoms with Gasteiger partial charge in [-0.05, 0) is 40.2 Å². The number of ether oxygens (including phenoxy) is 1. The summed E-state index contributed by atoms with van der Waals surface area (Å²) in [5.41, 5.74) is -3.15. The van der Waals surface area contributed by atoms with Gasteiger partial charge in [-0.25, -0.2) is 26.9 Å². The van der Waals surface area contributed by atoms with Crippen LogP contribution in [0.15, 0.2) is 36.4 Å². The van der Waals surface area contributed by atoms with Crippen molar-refractivity contribution in [2.75, 3.05) is 0 Å². The largest absolute Gasteiger partial charge is 0.524 e. The van der Waals surface area contributed by atoms with Crippen LogP contribution in [0.3, 0.4) is 0 Å². The van der Waals surface area contributed by atoms with Crippen molar-refractivity contribution in [2.45, 2.75) is 37.9 Å². The maximum atomic E-state index is 14.6. The van der Waals surface area contributed by atoms with Crippen molar-refractivity contribution in [3.05, 3.63) is 71.2 Å². The molecule has 12 heteroatoms. The number of carbonyl (C=O) groups is 1. The Bertz CT molecular complexity index is 1410. The number of terminal acetylenes is 1. The molecule has 3 aromatic rings. The molecule has 0 radical (unpaired) electrons. The second-order valence-corrected chi connectivity index (χ2v) is 9.60. The molecule has 0 aliphatic rings. The summed E-state index contributed by atoms with van der Waals surface area (Å²) in [6, 6.07) is 5.68. The summed E-state index contributed by atoms with van der Waals surface area (Å²) < 4.78 is 87.6. The van der Waals surface area contributed by atoms with Gasteiger partial charge in [0, 0.05) is 11.6 Å². The second kappa shape index (κ2) is 11.8. The average Bonchev–Trinajstić information content (AvgIpc) is 2.84. The Morgan fingerprint density at radius 3 is 2.16 bits per heavy atom. The van der Waals surface area contributed by atoms with Gasteiger partial charge in [0.25, 0.3) is 5.66 Å². The topological polar surface area (TPSA) is 96.7 Å². The van der Waals surface area contributed by atoms with E-state index in [0.29, 0.717) is 0 Å². The van der Waals surface area contributed by atoms with Gasteiger partial charge in [0.2, 0.25) is 0 Å². The van der Waals surface area contributed by atoms with Crippen molar-refractivity contribution in [2.24, 2.45) is 0 Å². The summed E-state index contributed by atoms with van der Waals surface area (Å²) >= 11 is 0. The summed E-state index contributed by atoms with van der Waals surface area (Å²) in [5.74, 6) is -7.41. The molecule has 2 N–H and O–H groups in total. The van der Waals surface area contributed by atoms with E-state index in [4.69, 9.17) is 11.2 Å². The van der Waals surface area contributed by atoms with E-state index in [1.54, 1.807) is 13.8 Å². The van der Waals surface area contributed by atoms with Crippen molar-refractivity contribution < 1.29 is 46.0 Å². The van der Waals surface area contributed by atoms with E-state index >= 15 is 0 Å². The lowest BCUT2D eigenvalue weighted by molar-refractivity contribution is -0.136. The zero-order valence-electron chi connectivity index (χ0n) is 19.9. The number of halogens is 5. The molecule has 0 aliphatic carbocycles. The molecule has 0 bridgehead atoms. The normalized spacial score (nSPS) is 13.1. The molecule has 198 valence electrons. The van der Waals surface area contributed by atoms with Gasteiger partial charge in [0.05, 0.1) is 23.4 Å². The van der Waals surface area contributed by atoms with E-state index in [0.717, 1.165) is 18.2 Å². The number of rotatable bonds is 8. The van der Waals surface area contributed by atoms with Crippen LogP contribution in [0.5, 0.6) is 5.75 Å². The second-order valence-electron chi connectivity index (χ2n) is 8.43. The highest BCUT2D eigenvalue weighted by atomic mass is 31.1. The molecule has 0 fully saturated rings. The van der Waals surface area contributed by atoms with Gasteiger partial charge < -0.3 is 9.84 Å². The Labute approximate surface area is 215 Å². The molecule has 0 aliphatic heterocycles. The van der Waals surface area contributed by atoms with Gasteiger partial charge >= 0.3 is 14.0 Å². The van der Waals surface area contributed by atoms with E-state index in [1.807, 2.05) is 5.92 Å². The van der Waals surface area contributed by atoms with Crippen molar-refractivity contribution in [3.8, 4) is 40.5 Å². The number of hydrogen-bond acceptors (Lipinski definition) is 5. The van der Waals surface area contributed by atoms with E-state index in [-0.39, 0.29) is 28.6 Å². The van der Waals surface area contributed by atoms with Crippen LogP contribution in [0.25, 0.3) is 22.4 Å². The van der Waals surface area contributed by atoms with Crippen LogP contribution in [0.1, 0.15) is 31.9 Å². The number of hydrogen-bond donors (Lipinski definition) is 2. The molecule has 0 saturated carbocycles. The predicted molar refractivity (Wildman–Crippen MR) is 128 cm³/mol. The van der Waals surface area contributed by atoms with Crippen molar-refractivity contribution in [3.63, 3.8) is 0 Å². The number of aromatic nitrogens is 1. The van der Waals surface area contributed by atoms with Gasteiger partial charge in [0.15, 0.2) is 29.0 Å². The molecule has 0 spiro atoms. The molecule has 0 saturated heterocycles. The molecule has 3 unspecified atom stereocenters. The molecule has 38 heavy (non-hydrogen) atoms. The van der Waals surface area contributed by atoms with Gasteiger partial charge in [0.1, 0.15) is 11.9 Å². The predicted octanol–water partition coefficient (Wildman–Crippen LogP) is 5.63. The molecule has 0 amide bonds. The third kappa shape index (κ3) is 6.05. The first-order valence-corrected chi connectivity index (χ1v) is 12.3. The summed E-state index contributed by atoms with van der Waals surface area (Å²) in [7, 11) is -3.02. The van der Waals surface area contributed by atoms with Gasteiger partial charge in [-0.3, -0.25) is 4.79 Å². The standard InChI is InChI=1S/C26H19F5NO5P/c1-4-20(38(35)36)19(33)11-21(34)37-26-15(13-5-7-14(27)8-6-13)9-18(32-25(26)12(2)3)22-23(30)16(28)10-17(29)24(22)31/h1,5-10,12,19-20,33H,11H2,2-3H3/p+1. The lowest BCUT2D eigenvalue weighted by atomic mass is 9.97. The Balaban J connectivity index is 2.22. The highest BCUT2D eigenvalue weighted by molar-refractivity contribution is 7.39. The number of nitrogens with zero attached hydrogens (tertiary/aromatic N) is 1. The first-order valence-electron chi connectivity index (χ1n) is 11.0. The lowest BCUT2D eigenvalue weighted by Gasteiger charge is -2.19. The zero-order chi connectivity index (χ0) is 28.3. The van der Waals surface area contributed by atoms with Crippen LogP contribution in [-0.4, -0.2) is 32.7 Å². The Morgan fingerprint density at radius 1 is 1.08 bits per heavy atom. The average molecular weight is 552 g/mol. The number of esters is 1. The molecule has 3 atom stereocenters. The monoisotopic (exact) mass is 552 g/mol. The molecule has 1 heterocycles. The van der Waals surface area contributed by atoms with Crippen LogP contribution < -0.4 is 4.74 Å². The fraction of sp³-hybridized carbons (Fsp3) is 0.231. The number of benzene rings is 2. The molecule has 2 aromatic carbocycles. The van der Waals surface area contributed by atoms with E-state index in [9.17, 15) is 41.3 Å². The molecular formula is C26H20F5NO5P+.